The lowest BCUT2D eigenvalue weighted by Crippen LogP contribution is -2.27. The molecule has 0 aliphatic heterocycles. The molecule has 4 nitrogen and oxygen atoms in total. The van der Waals surface area contributed by atoms with Crippen LogP contribution < -0.4 is 10.6 Å². The molecule has 1 aromatic carbocycles. The van der Waals surface area contributed by atoms with E-state index in [2.05, 4.69) is 4.98 Å². The van der Waals surface area contributed by atoms with Gasteiger partial charge in [0.1, 0.15) is 0 Å². The maximum atomic E-state index is 9.43. The van der Waals surface area contributed by atoms with E-state index in [0.29, 0.717) is 6.54 Å². The fourth-order valence-electron chi connectivity index (χ4n) is 2.03. The maximum absolute atomic E-state index is 9.43. The first kappa shape index (κ1) is 11.7. The lowest BCUT2D eigenvalue weighted by molar-refractivity contribution is 0.202. The molecular formula is C13H17N3O. The maximum Gasteiger partial charge on any atom is 0.0686 e. The Morgan fingerprint density at radius 2 is 2.12 bits per heavy atom. The summed E-state index contributed by atoms with van der Waals surface area (Å²) in [6.07, 6.45) is 3.17. The van der Waals surface area contributed by atoms with E-state index in [4.69, 9.17) is 5.73 Å². The Labute approximate surface area is 101 Å². The van der Waals surface area contributed by atoms with E-state index < -0.39 is 0 Å². The number of pyridine rings is 1. The van der Waals surface area contributed by atoms with Crippen LogP contribution in [0.1, 0.15) is 6.92 Å². The van der Waals surface area contributed by atoms with E-state index in [1.807, 2.05) is 30.1 Å². The first-order valence-corrected chi connectivity index (χ1v) is 5.61. The minimum absolute atomic E-state index is 0.371. The van der Waals surface area contributed by atoms with Crippen LogP contribution in [0.15, 0.2) is 30.6 Å². The summed E-state index contributed by atoms with van der Waals surface area (Å²) >= 11 is 0. The number of nitrogens with two attached hydrogens (primary N) is 1. The van der Waals surface area contributed by atoms with Gasteiger partial charge in [-0.3, -0.25) is 4.98 Å². The summed E-state index contributed by atoms with van der Waals surface area (Å²) in [6, 6.07) is 5.75. The zero-order chi connectivity index (χ0) is 12.4. The molecule has 0 amide bonds. The van der Waals surface area contributed by atoms with E-state index in [0.717, 1.165) is 22.1 Å². The van der Waals surface area contributed by atoms with E-state index in [1.54, 1.807) is 19.3 Å². The predicted molar refractivity (Wildman–Crippen MR) is 71.1 cm³/mol. The van der Waals surface area contributed by atoms with Gasteiger partial charge >= 0.3 is 0 Å². The van der Waals surface area contributed by atoms with Gasteiger partial charge in [0.2, 0.25) is 0 Å². The molecule has 1 atom stereocenters. The summed E-state index contributed by atoms with van der Waals surface area (Å²) in [7, 11) is 1.95. The third-order valence-electron chi connectivity index (χ3n) is 2.78. The lowest BCUT2D eigenvalue weighted by Gasteiger charge is -2.22. The first-order chi connectivity index (χ1) is 8.09. The monoisotopic (exact) mass is 231 g/mol. The molecular weight excluding hydrogens is 214 g/mol. The van der Waals surface area contributed by atoms with Crippen molar-refractivity contribution in [2.24, 2.45) is 0 Å². The molecule has 3 N–H and O–H groups in total. The van der Waals surface area contributed by atoms with Crippen LogP contribution in [-0.4, -0.2) is 29.8 Å². The number of aliphatic hydroxyl groups excluding tert-OH is 1. The Bertz CT molecular complexity index is 525. The van der Waals surface area contributed by atoms with Gasteiger partial charge in [-0.2, -0.15) is 0 Å². The van der Waals surface area contributed by atoms with Crippen LogP contribution >= 0.6 is 0 Å². The summed E-state index contributed by atoms with van der Waals surface area (Å²) in [4.78, 5) is 6.14. The number of benzene rings is 1. The number of fused-ring (bicyclic) bond motifs is 1. The molecule has 0 fully saturated rings. The van der Waals surface area contributed by atoms with E-state index >= 15 is 0 Å². The molecule has 0 aliphatic carbocycles. The molecule has 90 valence electrons. The molecule has 0 radical (unpaired) electrons. The lowest BCUT2D eigenvalue weighted by atomic mass is 10.1. The molecule has 1 aromatic heterocycles. The van der Waals surface area contributed by atoms with Gasteiger partial charge in [0.15, 0.2) is 0 Å². The van der Waals surface area contributed by atoms with Crippen LogP contribution in [-0.2, 0) is 0 Å². The van der Waals surface area contributed by atoms with Crippen molar-refractivity contribution in [3.63, 3.8) is 0 Å². The molecule has 2 rings (SSSR count). The zero-order valence-electron chi connectivity index (χ0n) is 10.1. The summed E-state index contributed by atoms with van der Waals surface area (Å²) in [6.45, 7) is 2.35. The number of aromatic nitrogens is 1. The Morgan fingerprint density at radius 3 is 2.82 bits per heavy atom. The average molecular weight is 231 g/mol. The summed E-state index contributed by atoms with van der Waals surface area (Å²) in [5.74, 6) is 0. The van der Waals surface area contributed by atoms with Gasteiger partial charge in [-0.15, -0.1) is 0 Å². The van der Waals surface area contributed by atoms with Crippen molar-refractivity contribution in [2.75, 3.05) is 24.2 Å². The van der Waals surface area contributed by atoms with Crippen molar-refractivity contribution < 1.29 is 5.11 Å². The predicted octanol–water partition coefficient (Wildman–Crippen LogP) is 1.63. The molecule has 0 aliphatic rings. The van der Waals surface area contributed by atoms with Crippen molar-refractivity contribution in [2.45, 2.75) is 13.0 Å². The van der Waals surface area contributed by atoms with Crippen molar-refractivity contribution in [3.05, 3.63) is 30.6 Å². The van der Waals surface area contributed by atoms with Crippen LogP contribution in [0.3, 0.4) is 0 Å². The van der Waals surface area contributed by atoms with Crippen molar-refractivity contribution in [3.8, 4) is 0 Å². The van der Waals surface area contributed by atoms with Crippen LogP contribution in [0.25, 0.3) is 10.8 Å². The number of likely N-dealkylation sites (N-methyl/N-ethyl adjacent to an activating group) is 1. The highest BCUT2D eigenvalue weighted by atomic mass is 16.3. The number of nitrogens with zero attached hydrogens (tertiary/aromatic N) is 2. The Kier molecular flexibility index (Phi) is 3.15. The van der Waals surface area contributed by atoms with Crippen molar-refractivity contribution in [1.82, 2.24) is 4.98 Å². The molecule has 0 spiro atoms. The first-order valence-electron chi connectivity index (χ1n) is 5.61. The van der Waals surface area contributed by atoms with Gasteiger partial charge < -0.3 is 15.7 Å². The molecule has 2 aromatic rings. The molecule has 1 heterocycles. The standard InChI is InChI=1S/C13H17N3O/c1-9(17)8-16(2)13-4-3-12(14)10-5-6-15-7-11(10)13/h3-7,9,17H,8,14H2,1-2H3. The molecule has 0 saturated carbocycles. The van der Waals surface area contributed by atoms with Crippen LogP contribution in [0, 0.1) is 0 Å². The van der Waals surface area contributed by atoms with Crippen LogP contribution in [0.5, 0.6) is 0 Å². The number of aliphatic hydroxyl groups is 1. The second-order valence-electron chi connectivity index (χ2n) is 4.32. The van der Waals surface area contributed by atoms with E-state index in [-0.39, 0.29) is 6.10 Å². The SMILES string of the molecule is CC(O)CN(C)c1ccc(N)c2ccncc12. The quantitative estimate of drug-likeness (QED) is 0.788. The van der Waals surface area contributed by atoms with Crippen LogP contribution in [0.2, 0.25) is 0 Å². The third-order valence-corrected chi connectivity index (χ3v) is 2.78. The molecule has 1 unspecified atom stereocenters. The Hall–Kier alpha value is -1.81. The largest absolute Gasteiger partial charge is 0.398 e. The smallest absolute Gasteiger partial charge is 0.0686 e. The Morgan fingerprint density at radius 1 is 1.35 bits per heavy atom. The summed E-state index contributed by atoms with van der Waals surface area (Å²) in [5.41, 5.74) is 7.71. The van der Waals surface area contributed by atoms with Gasteiger partial charge in [-0.05, 0) is 25.1 Å². The van der Waals surface area contributed by atoms with Crippen molar-refractivity contribution in [1.29, 1.82) is 0 Å². The molecule has 4 heteroatoms. The number of hydrogen-bond donors (Lipinski definition) is 2. The summed E-state index contributed by atoms with van der Waals surface area (Å²) < 4.78 is 0. The van der Waals surface area contributed by atoms with Gasteiger partial charge in [0, 0.05) is 48.1 Å². The fourth-order valence-corrected chi connectivity index (χ4v) is 2.03. The highest BCUT2D eigenvalue weighted by Gasteiger charge is 2.09. The van der Waals surface area contributed by atoms with Crippen molar-refractivity contribution >= 4 is 22.1 Å². The highest BCUT2D eigenvalue weighted by Crippen LogP contribution is 2.29. The minimum Gasteiger partial charge on any atom is -0.398 e. The van der Waals surface area contributed by atoms with Crippen LogP contribution in [0.4, 0.5) is 11.4 Å². The second-order valence-corrected chi connectivity index (χ2v) is 4.32. The van der Waals surface area contributed by atoms with E-state index in [1.165, 1.54) is 0 Å². The van der Waals surface area contributed by atoms with Gasteiger partial charge in [-0.1, -0.05) is 0 Å². The zero-order valence-corrected chi connectivity index (χ0v) is 10.1. The second kappa shape index (κ2) is 4.59. The topological polar surface area (TPSA) is 62.4 Å². The molecule has 0 saturated heterocycles. The molecule has 17 heavy (non-hydrogen) atoms. The number of anilines is 2. The number of nitrogen functional groups attached to an aromatic ring is 1. The van der Waals surface area contributed by atoms with Gasteiger partial charge in [0.05, 0.1) is 6.10 Å². The van der Waals surface area contributed by atoms with Gasteiger partial charge in [-0.25, -0.2) is 0 Å². The normalized spacial score (nSPS) is 12.6. The van der Waals surface area contributed by atoms with Gasteiger partial charge in [0.25, 0.3) is 0 Å². The fraction of sp³-hybridized carbons (Fsp3) is 0.308. The highest BCUT2D eigenvalue weighted by molar-refractivity contribution is 6.00. The minimum atomic E-state index is -0.371. The molecule has 0 bridgehead atoms. The summed E-state index contributed by atoms with van der Waals surface area (Å²) in [5, 5.41) is 11.4. The average Bonchev–Trinajstić information content (AvgIpc) is 2.29. The number of hydrogen-bond acceptors (Lipinski definition) is 4. The number of rotatable bonds is 3. The third kappa shape index (κ3) is 2.31. The van der Waals surface area contributed by atoms with E-state index in [9.17, 15) is 5.11 Å². The Balaban J connectivity index is 2.51.